The number of ether oxygens (including phenoxy) is 1. The van der Waals surface area contributed by atoms with Crippen LogP contribution in [-0.4, -0.2) is 28.0 Å². The zero-order valence-corrected chi connectivity index (χ0v) is 16.0. The molecule has 0 aliphatic carbocycles. The Hall–Kier alpha value is -3.85. The van der Waals surface area contributed by atoms with Crippen molar-refractivity contribution in [1.82, 2.24) is 9.97 Å². The fourth-order valence-corrected chi connectivity index (χ4v) is 3.83. The summed E-state index contributed by atoms with van der Waals surface area (Å²) >= 11 is 1.43. The second kappa shape index (κ2) is 7.64. The van der Waals surface area contributed by atoms with Gasteiger partial charge in [0, 0.05) is 28.8 Å². The number of fused-ring (bicyclic) bond motifs is 1. The zero-order chi connectivity index (χ0) is 20.4. The molecule has 0 spiro atoms. The van der Waals surface area contributed by atoms with Gasteiger partial charge in [-0.25, -0.2) is 14.8 Å². The van der Waals surface area contributed by atoms with E-state index in [1.807, 2.05) is 11.4 Å². The third-order valence-corrected chi connectivity index (χ3v) is 5.19. The van der Waals surface area contributed by atoms with Gasteiger partial charge in [0.2, 0.25) is 0 Å². The molecule has 0 atom stereocenters. The number of methoxy groups -OCH3 is 1. The maximum atomic E-state index is 11.6. The normalized spacial score (nSPS) is 10.7. The molecule has 0 amide bonds. The fraction of sp³-hybridized carbons (Fsp3) is 0.0500. The minimum atomic E-state index is -0.420. The number of esters is 1. The van der Waals surface area contributed by atoms with Crippen LogP contribution in [0, 0.1) is 10.1 Å². The van der Waals surface area contributed by atoms with E-state index in [0.29, 0.717) is 16.9 Å². The summed E-state index contributed by atoms with van der Waals surface area (Å²) in [7, 11) is 1.33. The maximum Gasteiger partial charge on any atom is 0.337 e. The number of benzene rings is 2. The topological polar surface area (TPSA) is 107 Å². The summed E-state index contributed by atoms with van der Waals surface area (Å²) in [5.41, 5.74) is 2.71. The van der Waals surface area contributed by atoms with Gasteiger partial charge in [-0.05, 0) is 29.8 Å². The van der Waals surface area contributed by atoms with Crippen molar-refractivity contribution in [3.8, 4) is 11.1 Å². The summed E-state index contributed by atoms with van der Waals surface area (Å²) in [5, 5.41) is 17.0. The Bertz CT molecular complexity index is 1220. The summed E-state index contributed by atoms with van der Waals surface area (Å²) in [6.07, 6.45) is 1.46. The molecule has 9 heteroatoms. The number of aromatic nitrogens is 2. The summed E-state index contributed by atoms with van der Waals surface area (Å²) in [6.45, 7) is 0. The monoisotopic (exact) mass is 406 g/mol. The Morgan fingerprint density at radius 3 is 2.69 bits per heavy atom. The molecule has 2 heterocycles. The molecular formula is C20H14N4O4S. The molecule has 29 heavy (non-hydrogen) atoms. The van der Waals surface area contributed by atoms with E-state index in [1.165, 1.54) is 36.9 Å². The van der Waals surface area contributed by atoms with Crippen molar-refractivity contribution in [2.24, 2.45) is 0 Å². The number of thiophene rings is 1. The summed E-state index contributed by atoms with van der Waals surface area (Å²) in [5.74, 6) is 0.162. The third-order valence-electron chi connectivity index (χ3n) is 4.31. The van der Waals surface area contributed by atoms with Gasteiger partial charge in [0.05, 0.1) is 23.0 Å². The number of hydrogen-bond acceptors (Lipinski definition) is 8. The number of non-ortho nitro benzene ring substituents is 1. The molecule has 0 aliphatic heterocycles. The molecule has 0 fully saturated rings. The average Bonchev–Trinajstić information content (AvgIpc) is 3.19. The molecule has 2 aromatic heterocycles. The highest BCUT2D eigenvalue weighted by atomic mass is 32.1. The first-order chi connectivity index (χ1) is 14.1. The standard InChI is InChI=1S/C20H14N4O4S/c1-28-20(25)12-5-7-14(8-6-12)23-18-17-16(10-29-19(17)22-11-21-18)13-3-2-4-15(9-13)24(26)27/h2-11H,1H3,(H,21,22,23). The highest BCUT2D eigenvalue weighted by molar-refractivity contribution is 7.17. The number of hydrogen-bond donors (Lipinski definition) is 1. The van der Waals surface area contributed by atoms with Gasteiger partial charge in [-0.3, -0.25) is 10.1 Å². The van der Waals surface area contributed by atoms with Crippen LogP contribution in [0.5, 0.6) is 0 Å². The first-order valence-corrected chi connectivity index (χ1v) is 9.37. The van der Waals surface area contributed by atoms with Gasteiger partial charge in [0.15, 0.2) is 0 Å². The van der Waals surface area contributed by atoms with Crippen LogP contribution in [-0.2, 0) is 4.74 Å². The number of nitro groups is 1. The molecule has 4 rings (SSSR count). The van der Waals surface area contributed by atoms with Gasteiger partial charge in [0.25, 0.3) is 5.69 Å². The number of nitrogens with zero attached hydrogens (tertiary/aromatic N) is 3. The summed E-state index contributed by atoms with van der Waals surface area (Å²) in [4.78, 5) is 31.7. The lowest BCUT2D eigenvalue weighted by Crippen LogP contribution is -2.01. The van der Waals surface area contributed by atoms with E-state index >= 15 is 0 Å². The van der Waals surface area contributed by atoms with Gasteiger partial charge in [-0.15, -0.1) is 11.3 Å². The van der Waals surface area contributed by atoms with E-state index in [0.717, 1.165) is 21.5 Å². The van der Waals surface area contributed by atoms with E-state index < -0.39 is 10.9 Å². The third kappa shape index (κ3) is 3.63. The number of nitrogens with one attached hydrogen (secondary N) is 1. The molecule has 1 N–H and O–H groups in total. The van der Waals surface area contributed by atoms with Crippen molar-refractivity contribution in [3.05, 3.63) is 75.9 Å². The summed E-state index contributed by atoms with van der Waals surface area (Å²) in [6, 6.07) is 13.3. The Balaban J connectivity index is 1.74. The predicted molar refractivity (Wildman–Crippen MR) is 111 cm³/mol. The zero-order valence-electron chi connectivity index (χ0n) is 15.2. The number of carbonyl (C=O) groups is 1. The number of anilines is 2. The molecule has 0 radical (unpaired) electrons. The summed E-state index contributed by atoms with van der Waals surface area (Å²) < 4.78 is 4.71. The highest BCUT2D eigenvalue weighted by Crippen LogP contribution is 2.38. The highest BCUT2D eigenvalue weighted by Gasteiger charge is 2.16. The number of rotatable bonds is 5. The smallest absolute Gasteiger partial charge is 0.337 e. The molecule has 0 unspecified atom stereocenters. The molecule has 2 aromatic carbocycles. The lowest BCUT2D eigenvalue weighted by Gasteiger charge is -2.09. The van der Waals surface area contributed by atoms with E-state index in [9.17, 15) is 14.9 Å². The van der Waals surface area contributed by atoms with Crippen molar-refractivity contribution in [2.45, 2.75) is 0 Å². The van der Waals surface area contributed by atoms with Crippen LogP contribution in [0.3, 0.4) is 0 Å². The van der Waals surface area contributed by atoms with Crippen molar-refractivity contribution in [2.75, 3.05) is 12.4 Å². The van der Waals surface area contributed by atoms with Crippen molar-refractivity contribution in [3.63, 3.8) is 0 Å². The number of nitro benzene ring substituents is 1. The van der Waals surface area contributed by atoms with E-state index in [2.05, 4.69) is 15.3 Å². The van der Waals surface area contributed by atoms with Gasteiger partial charge in [0.1, 0.15) is 17.0 Å². The van der Waals surface area contributed by atoms with E-state index in [1.54, 1.807) is 30.3 Å². The van der Waals surface area contributed by atoms with Crippen molar-refractivity contribution >= 4 is 44.7 Å². The second-order valence-corrected chi connectivity index (χ2v) is 6.91. The van der Waals surface area contributed by atoms with Gasteiger partial charge in [-0.2, -0.15) is 0 Å². The Kier molecular flexibility index (Phi) is 4.88. The van der Waals surface area contributed by atoms with Gasteiger partial charge >= 0.3 is 5.97 Å². The van der Waals surface area contributed by atoms with Crippen LogP contribution in [0.1, 0.15) is 10.4 Å². The first-order valence-electron chi connectivity index (χ1n) is 8.49. The molecule has 0 aliphatic rings. The minimum absolute atomic E-state index is 0.0200. The van der Waals surface area contributed by atoms with Gasteiger partial charge in [-0.1, -0.05) is 12.1 Å². The SMILES string of the molecule is COC(=O)c1ccc(Nc2ncnc3scc(-c4cccc([N+](=O)[O-])c4)c23)cc1. The average molecular weight is 406 g/mol. The molecule has 0 saturated heterocycles. The Labute approximate surface area is 169 Å². The number of carbonyl (C=O) groups excluding carboxylic acids is 1. The van der Waals surface area contributed by atoms with Gasteiger partial charge < -0.3 is 10.1 Å². The quantitative estimate of drug-likeness (QED) is 0.288. The predicted octanol–water partition coefficient (Wildman–Crippen LogP) is 4.80. The Morgan fingerprint density at radius 1 is 1.17 bits per heavy atom. The van der Waals surface area contributed by atoms with Crippen molar-refractivity contribution < 1.29 is 14.5 Å². The molecule has 0 bridgehead atoms. The van der Waals surface area contributed by atoms with Crippen molar-refractivity contribution in [1.29, 1.82) is 0 Å². The van der Waals surface area contributed by atoms with Crippen LogP contribution in [0.25, 0.3) is 21.3 Å². The largest absolute Gasteiger partial charge is 0.465 e. The molecule has 144 valence electrons. The lowest BCUT2D eigenvalue weighted by molar-refractivity contribution is -0.384. The Morgan fingerprint density at radius 2 is 1.97 bits per heavy atom. The van der Waals surface area contributed by atoms with Crippen LogP contribution in [0.15, 0.2) is 60.2 Å². The molecule has 0 saturated carbocycles. The van der Waals surface area contributed by atoms with E-state index in [4.69, 9.17) is 4.74 Å². The first kappa shape index (κ1) is 18.5. The molecule has 4 aromatic rings. The van der Waals surface area contributed by atoms with Crippen LogP contribution < -0.4 is 5.32 Å². The van der Waals surface area contributed by atoms with Crippen LogP contribution in [0.2, 0.25) is 0 Å². The lowest BCUT2D eigenvalue weighted by atomic mass is 10.1. The molecule has 8 nitrogen and oxygen atoms in total. The second-order valence-electron chi connectivity index (χ2n) is 6.05. The minimum Gasteiger partial charge on any atom is -0.465 e. The fourth-order valence-electron chi connectivity index (χ4n) is 2.91. The van der Waals surface area contributed by atoms with Crippen LogP contribution >= 0.6 is 11.3 Å². The maximum absolute atomic E-state index is 11.6. The van der Waals surface area contributed by atoms with E-state index in [-0.39, 0.29) is 5.69 Å². The molecular weight excluding hydrogens is 392 g/mol. The van der Waals surface area contributed by atoms with Crippen LogP contribution in [0.4, 0.5) is 17.2 Å².